The molecule has 1 aliphatic heterocycles. The maximum atomic E-state index is 12.6. The van der Waals surface area contributed by atoms with E-state index in [-0.39, 0.29) is 16.4 Å². The summed E-state index contributed by atoms with van der Waals surface area (Å²) in [5, 5.41) is 0. The molecular formula is C21H24N2O7S. The highest BCUT2D eigenvalue weighted by Gasteiger charge is 2.26. The number of benzene rings is 2. The van der Waals surface area contributed by atoms with Gasteiger partial charge in [-0.3, -0.25) is 9.52 Å². The number of amides is 1. The van der Waals surface area contributed by atoms with Crippen LogP contribution in [0.5, 0.6) is 5.75 Å². The van der Waals surface area contributed by atoms with E-state index >= 15 is 0 Å². The van der Waals surface area contributed by atoms with E-state index in [9.17, 15) is 18.0 Å². The number of hydrogen-bond acceptors (Lipinski definition) is 7. The van der Waals surface area contributed by atoms with Crippen LogP contribution in [-0.2, 0) is 24.3 Å². The summed E-state index contributed by atoms with van der Waals surface area (Å²) in [7, 11) is -2.45. The largest absolute Gasteiger partial charge is 0.495 e. The first-order valence-corrected chi connectivity index (χ1v) is 11.1. The molecule has 0 radical (unpaired) electrons. The third-order valence-electron chi connectivity index (χ3n) is 4.71. The molecule has 1 N–H and O–H groups in total. The summed E-state index contributed by atoms with van der Waals surface area (Å²) in [5.74, 6) is -0.627. The second-order valence-corrected chi connectivity index (χ2v) is 8.50. The number of carbonyl (C=O) groups is 2. The number of anilines is 1. The Morgan fingerprint density at radius 3 is 2.35 bits per heavy atom. The molecule has 3 rings (SSSR count). The number of carbonyl (C=O) groups excluding carboxylic acids is 2. The molecule has 9 nitrogen and oxygen atoms in total. The van der Waals surface area contributed by atoms with Crippen LogP contribution < -0.4 is 9.46 Å². The maximum Gasteiger partial charge on any atom is 0.338 e. The molecule has 2 aromatic carbocycles. The van der Waals surface area contributed by atoms with E-state index in [1.54, 1.807) is 29.2 Å². The highest BCUT2D eigenvalue weighted by Crippen LogP contribution is 2.26. The molecule has 0 spiro atoms. The van der Waals surface area contributed by atoms with Gasteiger partial charge in [0.1, 0.15) is 5.75 Å². The second kappa shape index (κ2) is 9.80. The molecule has 1 heterocycles. The maximum absolute atomic E-state index is 12.6. The molecule has 31 heavy (non-hydrogen) atoms. The minimum Gasteiger partial charge on any atom is -0.495 e. The number of methoxy groups -OCH3 is 1. The molecule has 0 aliphatic carbocycles. The molecule has 0 aromatic heterocycles. The Kier molecular flexibility index (Phi) is 7.13. The van der Waals surface area contributed by atoms with E-state index in [0.717, 1.165) is 0 Å². The topological polar surface area (TPSA) is 111 Å². The van der Waals surface area contributed by atoms with Gasteiger partial charge in [0.15, 0.2) is 6.10 Å². The zero-order valence-electron chi connectivity index (χ0n) is 17.2. The van der Waals surface area contributed by atoms with Crippen molar-refractivity contribution in [1.29, 1.82) is 0 Å². The number of morpholine rings is 1. The lowest BCUT2D eigenvalue weighted by Gasteiger charge is -2.28. The normalized spacial score (nSPS) is 15.1. The Morgan fingerprint density at radius 2 is 1.71 bits per heavy atom. The Morgan fingerprint density at radius 1 is 1.06 bits per heavy atom. The average molecular weight is 448 g/mol. The van der Waals surface area contributed by atoms with Crippen LogP contribution in [0.2, 0.25) is 0 Å². The number of sulfonamides is 1. The van der Waals surface area contributed by atoms with Crippen molar-refractivity contribution < 1.29 is 32.2 Å². The highest BCUT2D eigenvalue weighted by molar-refractivity contribution is 7.92. The second-order valence-electron chi connectivity index (χ2n) is 6.82. The lowest BCUT2D eigenvalue weighted by Crippen LogP contribution is -2.46. The Hall–Kier alpha value is -3.11. The van der Waals surface area contributed by atoms with Crippen molar-refractivity contribution in [2.24, 2.45) is 0 Å². The molecule has 0 unspecified atom stereocenters. The SMILES string of the molecule is COc1ccccc1NS(=O)(=O)c1ccc(C(=O)O[C@H](C)C(=O)N2CCOCC2)cc1. The zero-order valence-corrected chi connectivity index (χ0v) is 18.1. The third-order valence-corrected chi connectivity index (χ3v) is 6.09. The van der Waals surface area contributed by atoms with Crippen LogP contribution in [0.15, 0.2) is 53.4 Å². The Bertz CT molecular complexity index is 1030. The molecule has 2 aromatic rings. The van der Waals surface area contributed by atoms with Gasteiger partial charge in [0.2, 0.25) is 0 Å². The highest BCUT2D eigenvalue weighted by atomic mass is 32.2. The van der Waals surface area contributed by atoms with Gasteiger partial charge in [-0.25, -0.2) is 13.2 Å². The lowest BCUT2D eigenvalue weighted by molar-refractivity contribution is -0.143. The zero-order chi connectivity index (χ0) is 22.4. The van der Waals surface area contributed by atoms with Crippen LogP contribution in [0.4, 0.5) is 5.69 Å². The predicted octanol–water partition coefficient (Wildman–Crippen LogP) is 1.90. The van der Waals surface area contributed by atoms with Gasteiger partial charge >= 0.3 is 5.97 Å². The number of esters is 1. The number of ether oxygens (including phenoxy) is 3. The van der Waals surface area contributed by atoms with Crippen molar-refractivity contribution in [3.8, 4) is 5.75 Å². The van der Waals surface area contributed by atoms with Crippen LogP contribution in [0, 0.1) is 0 Å². The van der Waals surface area contributed by atoms with Crippen molar-refractivity contribution >= 4 is 27.6 Å². The standard InChI is InChI=1S/C21H24N2O7S/c1-15(20(24)23-11-13-29-14-12-23)30-21(25)16-7-9-17(10-8-16)31(26,27)22-18-5-3-4-6-19(18)28-2/h3-10,15,22H,11-14H2,1-2H3/t15-/m1/s1. The van der Waals surface area contributed by atoms with Gasteiger partial charge in [0.05, 0.1) is 36.5 Å². The quantitative estimate of drug-likeness (QED) is 0.644. The minimum atomic E-state index is -3.89. The first-order valence-electron chi connectivity index (χ1n) is 9.65. The van der Waals surface area contributed by atoms with Crippen LogP contribution >= 0.6 is 0 Å². The van der Waals surface area contributed by atoms with Gasteiger partial charge in [-0.2, -0.15) is 0 Å². The van der Waals surface area contributed by atoms with Crippen LogP contribution in [0.1, 0.15) is 17.3 Å². The van der Waals surface area contributed by atoms with Crippen LogP contribution in [0.25, 0.3) is 0 Å². The van der Waals surface area contributed by atoms with E-state index in [1.165, 1.54) is 38.3 Å². The fraction of sp³-hybridized carbons (Fsp3) is 0.333. The summed E-state index contributed by atoms with van der Waals surface area (Å²) in [6.07, 6.45) is -0.957. The Labute approximate surface area is 181 Å². The van der Waals surface area contributed by atoms with Crippen LogP contribution in [0.3, 0.4) is 0 Å². The first-order chi connectivity index (χ1) is 14.8. The van der Waals surface area contributed by atoms with Gasteiger partial charge in [-0.1, -0.05) is 12.1 Å². The van der Waals surface area contributed by atoms with Gasteiger partial charge < -0.3 is 19.1 Å². The molecule has 1 amide bonds. The van der Waals surface area contributed by atoms with E-state index in [2.05, 4.69) is 4.72 Å². The predicted molar refractivity (Wildman–Crippen MR) is 113 cm³/mol. The van der Waals surface area contributed by atoms with Crippen LogP contribution in [-0.4, -0.2) is 64.7 Å². The Balaban J connectivity index is 1.66. The molecule has 166 valence electrons. The lowest BCUT2D eigenvalue weighted by atomic mass is 10.2. The van der Waals surface area contributed by atoms with Crippen molar-refractivity contribution in [1.82, 2.24) is 4.90 Å². The smallest absolute Gasteiger partial charge is 0.338 e. The molecule has 1 fully saturated rings. The van der Waals surface area contributed by atoms with Crippen molar-refractivity contribution in [3.05, 3.63) is 54.1 Å². The summed E-state index contributed by atoms with van der Waals surface area (Å²) >= 11 is 0. The monoisotopic (exact) mass is 448 g/mol. The number of rotatable bonds is 7. The number of nitrogens with zero attached hydrogens (tertiary/aromatic N) is 1. The van der Waals surface area contributed by atoms with E-state index < -0.39 is 22.1 Å². The van der Waals surface area contributed by atoms with Crippen molar-refractivity contribution in [3.63, 3.8) is 0 Å². The van der Waals surface area contributed by atoms with Gasteiger partial charge in [0, 0.05) is 13.1 Å². The van der Waals surface area contributed by atoms with E-state index in [1.807, 2.05) is 0 Å². The third kappa shape index (κ3) is 5.53. The fourth-order valence-electron chi connectivity index (χ4n) is 3.02. The number of hydrogen-bond donors (Lipinski definition) is 1. The molecule has 0 bridgehead atoms. The summed E-state index contributed by atoms with van der Waals surface area (Å²) in [6.45, 7) is 3.31. The molecule has 10 heteroatoms. The summed E-state index contributed by atoms with van der Waals surface area (Å²) in [4.78, 5) is 26.3. The van der Waals surface area contributed by atoms with Gasteiger partial charge in [-0.15, -0.1) is 0 Å². The molecule has 1 atom stereocenters. The summed E-state index contributed by atoms with van der Waals surface area (Å²) in [5.41, 5.74) is 0.432. The van der Waals surface area contributed by atoms with Gasteiger partial charge in [-0.05, 0) is 43.3 Å². The van der Waals surface area contributed by atoms with Crippen molar-refractivity contribution in [2.45, 2.75) is 17.9 Å². The molecule has 0 saturated carbocycles. The number of para-hydroxylation sites is 2. The average Bonchev–Trinajstić information content (AvgIpc) is 2.79. The number of nitrogens with one attached hydrogen (secondary N) is 1. The van der Waals surface area contributed by atoms with E-state index in [0.29, 0.717) is 37.7 Å². The first kappa shape index (κ1) is 22.6. The van der Waals surface area contributed by atoms with Gasteiger partial charge in [0.25, 0.3) is 15.9 Å². The van der Waals surface area contributed by atoms with Crippen molar-refractivity contribution in [2.75, 3.05) is 38.1 Å². The summed E-state index contributed by atoms with van der Waals surface area (Å²) < 4.78 is 43.4. The fourth-order valence-corrected chi connectivity index (χ4v) is 4.09. The summed E-state index contributed by atoms with van der Waals surface area (Å²) in [6, 6.07) is 11.9. The van der Waals surface area contributed by atoms with E-state index in [4.69, 9.17) is 14.2 Å². The molecule has 1 saturated heterocycles. The minimum absolute atomic E-state index is 0.0348. The molecular weight excluding hydrogens is 424 g/mol. The molecule has 1 aliphatic rings.